The van der Waals surface area contributed by atoms with E-state index in [1.165, 1.54) is 6.21 Å². The number of hydrogen-bond acceptors (Lipinski definition) is 8. The molecule has 4 rings (SSSR count). The van der Waals surface area contributed by atoms with E-state index in [0.29, 0.717) is 67.8 Å². The average Bonchev–Trinajstić information content (AvgIpc) is 3.05. The van der Waals surface area contributed by atoms with Crippen LogP contribution in [0.5, 0.6) is 17.2 Å². The lowest BCUT2D eigenvalue weighted by Gasteiger charge is -2.30. The van der Waals surface area contributed by atoms with Gasteiger partial charge < -0.3 is 29.6 Å². The van der Waals surface area contributed by atoms with Crippen LogP contribution < -0.4 is 30.3 Å². The summed E-state index contributed by atoms with van der Waals surface area (Å²) in [6.45, 7) is 9.75. The topological polar surface area (TPSA) is 120 Å². The zero-order valence-electron chi connectivity index (χ0n) is 26.7. The summed E-state index contributed by atoms with van der Waals surface area (Å²) in [5.41, 5.74) is 6.37. The minimum Gasteiger partial charge on any atom is -0.490 e. The number of ether oxygens (including phenoxy) is 4. The average molecular weight is 712 g/mol. The Hall–Kier alpha value is -4.58. The van der Waals surface area contributed by atoms with Crippen molar-refractivity contribution in [2.24, 2.45) is 5.10 Å². The molecule has 10 nitrogen and oxygen atoms in total. The summed E-state index contributed by atoms with van der Waals surface area (Å²) in [7, 11) is 0. The second-order valence-electron chi connectivity index (χ2n) is 10.4. The van der Waals surface area contributed by atoms with Gasteiger partial charge in [0.05, 0.1) is 41.1 Å². The number of allylic oxidation sites excluding steroid dienone is 2. The van der Waals surface area contributed by atoms with E-state index in [-0.39, 0.29) is 19.8 Å². The van der Waals surface area contributed by atoms with Gasteiger partial charge in [-0.25, -0.2) is 10.2 Å². The van der Waals surface area contributed by atoms with E-state index < -0.39 is 17.9 Å². The molecule has 1 aliphatic rings. The summed E-state index contributed by atoms with van der Waals surface area (Å²) in [5.74, 6) is 0.489. The van der Waals surface area contributed by atoms with Crippen molar-refractivity contribution in [3.8, 4) is 17.2 Å². The Morgan fingerprint density at radius 3 is 2.54 bits per heavy atom. The first-order valence-corrected chi connectivity index (χ1v) is 16.3. The number of hydrogen-bond donors (Lipinski definition) is 3. The molecule has 0 spiro atoms. The van der Waals surface area contributed by atoms with Crippen LogP contribution in [0.15, 0.2) is 83.6 Å². The molecule has 0 fully saturated rings. The number of benzene rings is 3. The minimum atomic E-state index is -0.643. The predicted molar refractivity (Wildman–Crippen MR) is 191 cm³/mol. The van der Waals surface area contributed by atoms with E-state index in [4.69, 9.17) is 54.4 Å². The maximum absolute atomic E-state index is 12.8. The molecule has 0 saturated heterocycles. The number of nitrogens with zero attached hydrogens (tertiary/aromatic N) is 1. The van der Waals surface area contributed by atoms with Gasteiger partial charge in [0, 0.05) is 16.8 Å². The van der Waals surface area contributed by atoms with Gasteiger partial charge in [0.25, 0.3) is 5.91 Å². The van der Waals surface area contributed by atoms with Gasteiger partial charge in [0.1, 0.15) is 12.4 Å². The summed E-state index contributed by atoms with van der Waals surface area (Å²) in [4.78, 5) is 25.6. The van der Waals surface area contributed by atoms with E-state index in [0.717, 1.165) is 11.1 Å². The lowest BCUT2D eigenvalue weighted by Crippen LogP contribution is -2.45. The molecule has 0 aliphatic carbocycles. The highest BCUT2D eigenvalue weighted by Crippen LogP contribution is 2.35. The fourth-order valence-electron chi connectivity index (χ4n) is 4.89. The fourth-order valence-corrected chi connectivity index (χ4v) is 5.48. The minimum absolute atomic E-state index is 0.214. The first-order valence-electron chi connectivity index (χ1n) is 15.1. The van der Waals surface area contributed by atoms with Crippen LogP contribution >= 0.6 is 35.4 Å². The van der Waals surface area contributed by atoms with Crippen LogP contribution in [0.3, 0.4) is 0 Å². The van der Waals surface area contributed by atoms with E-state index in [2.05, 4.69) is 27.7 Å². The van der Waals surface area contributed by atoms with Gasteiger partial charge in [-0.3, -0.25) is 4.79 Å². The molecule has 0 aromatic heterocycles. The van der Waals surface area contributed by atoms with Crippen molar-refractivity contribution < 1.29 is 28.5 Å². The molecule has 13 heteroatoms. The third-order valence-corrected chi connectivity index (χ3v) is 7.90. The highest BCUT2D eigenvalue weighted by molar-refractivity contribution is 7.80. The lowest BCUT2D eigenvalue weighted by molar-refractivity contribution is -0.139. The Labute approximate surface area is 295 Å². The molecule has 0 radical (unpaired) electrons. The van der Waals surface area contributed by atoms with E-state index in [1.54, 1.807) is 62.4 Å². The van der Waals surface area contributed by atoms with Gasteiger partial charge in [-0.05, 0) is 80.9 Å². The van der Waals surface area contributed by atoms with Crippen molar-refractivity contribution in [2.75, 3.05) is 19.8 Å². The number of halogens is 2. The first kappa shape index (κ1) is 36.3. The fraction of sp³-hybridized carbons (Fsp3) is 0.257. The summed E-state index contributed by atoms with van der Waals surface area (Å²) < 4.78 is 23.2. The van der Waals surface area contributed by atoms with Crippen LogP contribution in [0.4, 0.5) is 0 Å². The van der Waals surface area contributed by atoms with Crippen molar-refractivity contribution in [1.29, 1.82) is 0 Å². The molecular weight excluding hydrogens is 675 g/mol. The number of rotatable bonds is 15. The number of carbonyl (C=O) groups is 2. The first-order chi connectivity index (χ1) is 23.1. The Morgan fingerprint density at radius 1 is 1.02 bits per heavy atom. The Morgan fingerprint density at radius 2 is 1.81 bits per heavy atom. The van der Waals surface area contributed by atoms with Crippen molar-refractivity contribution in [1.82, 2.24) is 16.1 Å². The number of carbonyl (C=O) groups excluding carboxylic acids is 2. The lowest BCUT2D eigenvalue weighted by atomic mass is 9.95. The van der Waals surface area contributed by atoms with Gasteiger partial charge in [-0.1, -0.05) is 53.5 Å². The molecule has 3 aromatic carbocycles. The molecule has 1 amide bonds. The zero-order valence-corrected chi connectivity index (χ0v) is 29.1. The number of nitrogens with one attached hydrogen (secondary N) is 3. The standard InChI is InChI=1S/C35H36Cl2N4O6S/c1-5-10-24-15-23(17-29(44-6-2)33(24)47-19-22-13-14-26(36)27(37)16-22)18-38-41-30(42)20-46-28-12-9-8-11-25(28)32-31(34(43)45-7-3)21(4)39-35(48)40-32/h5,8-9,11-18,32H,1,6-7,10,19-20H2,2-4H3,(H,41,42)(H2,39,40,48)/t32-/m1/s1. The molecule has 48 heavy (non-hydrogen) atoms. The highest BCUT2D eigenvalue weighted by Gasteiger charge is 2.32. The van der Waals surface area contributed by atoms with E-state index in [9.17, 15) is 9.59 Å². The maximum atomic E-state index is 12.8. The maximum Gasteiger partial charge on any atom is 0.338 e. The molecule has 1 atom stereocenters. The van der Waals surface area contributed by atoms with Gasteiger partial charge in [0.2, 0.25) is 0 Å². The molecule has 1 aliphatic heterocycles. The number of amides is 1. The second-order valence-corrected chi connectivity index (χ2v) is 11.6. The van der Waals surface area contributed by atoms with Gasteiger partial charge >= 0.3 is 5.97 Å². The number of hydrazone groups is 1. The van der Waals surface area contributed by atoms with Crippen LogP contribution in [-0.4, -0.2) is 43.0 Å². The summed E-state index contributed by atoms with van der Waals surface area (Å²) >= 11 is 17.6. The van der Waals surface area contributed by atoms with Crippen molar-refractivity contribution in [2.45, 2.75) is 39.8 Å². The Bertz CT molecular complexity index is 1750. The van der Waals surface area contributed by atoms with Crippen LogP contribution in [-0.2, 0) is 27.4 Å². The molecule has 1 heterocycles. The number of thiocarbonyl (C=S) groups is 1. The highest BCUT2D eigenvalue weighted by atomic mass is 35.5. The van der Waals surface area contributed by atoms with Crippen LogP contribution in [0.25, 0.3) is 0 Å². The van der Waals surface area contributed by atoms with Gasteiger partial charge in [-0.15, -0.1) is 6.58 Å². The Kier molecular flexibility index (Phi) is 13.2. The SMILES string of the molecule is C=CCc1cc(C=NNC(=O)COc2ccccc2[C@H]2NC(=S)NC(C)=C2C(=O)OCC)cc(OCC)c1OCc1ccc(Cl)c(Cl)c1. The monoisotopic (exact) mass is 710 g/mol. The molecule has 252 valence electrons. The van der Waals surface area contributed by atoms with Crippen molar-refractivity contribution >= 4 is 58.6 Å². The second kappa shape index (κ2) is 17.5. The zero-order chi connectivity index (χ0) is 34.6. The third kappa shape index (κ3) is 9.50. The van der Waals surface area contributed by atoms with E-state index in [1.807, 2.05) is 19.1 Å². The van der Waals surface area contributed by atoms with Crippen molar-refractivity contribution in [3.05, 3.63) is 111 Å². The third-order valence-electron chi connectivity index (χ3n) is 6.94. The quantitative estimate of drug-likeness (QED) is 0.0528. The molecule has 0 unspecified atom stereocenters. The van der Waals surface area contributed by atoms with E-state index >= 15 is 0 Å². The van der Waals surface area contributed by atoms with Crippen LogP contribution in [0, 0.1) is 0 Å². The number of esters is 1. The Balaban J connectivity index is 1.45. The molecule has 3 aromatic rings. The smallest absolute Gasteiger partial charge is 0.338 e. The van der Waals surface area contributed by atoms with Gasteiger partial charge in [-0.2, -0.15) is 5.10 Å². The normalized spacial score (nSPS) is 14.2. The van der Waals surface area contributed by atoms with Crippen LogP contribution in [0.1, 0.15) is 49.1 Å². The molecule has 0 saturated carbocycles. The molecule has 0 bridgehead atoms. The predicted octanol–water partition coefficient (Wildman–Crippen LogP) is 6.58. The van der Waals surface area contributed by atoms with Crippen molar-refractivity contribution in [3.63, 3.8) is 0 Å². The summed E-state index contributed by atoms with van der Waals surface area (Å²) in [5, 5.41) is 11.5. The van der Waals surface area contributed by atoms with Gasteiger partial charge in [0.15, 0.2) is 23.2 Å². The largest absolute Gasteiger partial charge is 0.490 e. The van der Waals surface area contributed by atoms with Crippen LogP contribution in [0.2, 0.25) is 10.0 Å². The molecule has 3 N–H and O–H groups in total. The molecular formula is C35H36Cl2N4O6S. The summed E-state index contributed by atoms with van der Waals surface area (Å²) in [6, 6.07) is 15.4. The summed E-state index contributed by atoms with van der Waals surface area (Å²) in [6.07, 6.45) is 3.76. The number of para-hydroxylation sites is 1.